The molecule has 0 saturated carbocycles. The molecule has 1 heterocycles. The summed E-state index contributed by atoms with van der Waals surface area (Å²) in [5, 5.41) is 9.53. The Hall–Kier alpha value is -1.17. The third-order valence-electron chi connectivity index (χ3n) is 0.808. The van der Waals surface area contributed by atoms with E-state index >= 15 is 0 Å². The number of aryl methyl sites for hydroxylation is 1. The Labute approximate surface area is 60.8 Å². The molecular formula is C4H5N3O2S. The molecule has 1 rings (SSSR count). The molecule has 1 aromatic rings. The van der Waals surface area contributed by atoms with E-state index in [1.54, 1.807) is 6.20 Å². The molecule has 0 fully saturated rings. The number of hydrogen-bond acceptors (Lipinski definition) is 4. The van der Waals surface area contributed by atoms with Crippen molar-refractivity contribution in [2.45, 2.75) is 6.92 Å². The molecule has 0 aliphatic heterocycles. The summed E-state index contributed by atoms with van der Waals surface area (Å²) in [6.45, 7) is 1.84. The Morgan fingerprint density at radius 1 is 1.90 bits per heavy atom. The number of hydrazine groups is 1. The van der Waals surface area contributed by atoms with Gasteiger partial charge in [0.05, 0.1) is 0 Å². The zero-order valence-electron chi connectivity index (χ0n) is 5.20. The predicted octanol–water partition coefficient (Wildman–Crippen LogP) is 1.06. The number of nitrogens with zero attached hydrogens (tertiary/aromatic N) is 2. The molecule has 0 aromatic carbocycles. The van der Waals surface area contributed by atoms with Crippen LogP contribution in [0.25, 0.3) is 0 Å². The molecule has 0 aliphatic carbocycles. The highest BCUT2D eigenvalue weighted by Crippen LogP contribution is 2.15. The average molecular weight is 159 g/mol. The summed E-state index contributed by atoms with van der Waals surface area (Å²) in [5.74, 6) is 0. The van der Waals surface area contributed by atoms with Crippen LogP contribution in [-0.4, -0.2) is 10.0 Å². The van der Waals surface area contributed by atoms with Gasteiger partial charge in [-0.3, -0.25) is 0 Å². The van der Waals surface area contributed by atoms with Gasteiger partial charge < -0.3 is 0 Å². The van der Waals surface area contributed by atoms with Crippen LogP contribution in [-0.2, 0) is 0 Å². The van der Waals surface area contributed by atoms with Gasteiger partial charge in [0.1, 0.15) is 0 Å². The van der Waals surface area contributed by atoms with Gasteiger partial charge in [-0.25, -0.2) is 15.1 Å². The molecule has 0 amide bonds. The van der Waals surface area contributed by atoms with Gasteiger partial charge in [0, 0.05) is 11.1 Å². The van der Waals surface area contributed by atoms with E-state index in [9.17, 15) is 10.1 Å². The maximum Gasteiger partial charge on any atom is 0.246 e. The minimum atomic E-state index is -0.627. The summed E-state index contributed by atoms with van der Waals surface area (Å²) in [4.78, 5) is 14.5. The highest BCUT2D eigenvalue weighted by Gasteiger charge is 2.01. The van der Waals surface area contributed by atoms with Gasteiger partial charge in [-0.15, -0.1) is 0 Å². The van der Waals surface area contributed by atoms with E-state index in [-0.39, 0.29) is 0 Å². The lowest BCUT2D eigenvalue weighted by Gasteiger charge is -1.86. The normalized spacial score (nSPS) is 9.30. The second-order valence-electron chi connectivity index (χ2n) is 1.64. The average Bonchev–Trinajstić information content (AvgIpc) is 2.13. The number of thiazole rings is 1. The van der Waals surface area contributed by atoms with Crippen LogP contribution < -0.4 is 5.43 Å². The summed E-state index contributed by atoms with van der Waals surface area (Å²) < 4.78 is 0. The van der Waals surface area contributed by atoms with Gasteiger partial charge in [0.25, 0.3) is 0 Å². The van der Waals surface area contributed by atoms with Crippen LogP contribution in [0.4, 0.5) is 5.13 Å². The lowest BCUT2D eigenvalue weighted by Crippen LogP contribution is -2.06. The molecule has 5 nitrogen and oxygen atoms in total. The molecule has 6 heteroatoms. The van der Waals surface area contributed by atoms with Crippen LogP contribution in [0, 0.1) is 17.0 Å². The molecule has 0 unspecified atom stereocenters. The topological polar surface area (TPSA) is 68.1 Å². The number of aromatic nitrogens is 1. The van der Waals surface area contributed by atoms with Gasteiger partial charge in [0.15, 0.2) is 5.03 Å². The van der Waals surface area contributed by atoms with Crippen molar-refractivity contribution in [2.24, 2.45) is 0 Å². The van der Waals surface area contributed by atoms with E-state index < -0.39 is 5.03 Å². The maximum atomic E-state index is 9.84. The Bertz CT molecular complexity index is 246. The fourth-order valence-corrected chi connectivity index (χ4v) is 1.12. The van der Waals surface area contributed by atoms with Crippen molar-refractivity contribution in [3.05, 3.63) is 21.2 Å². The molecule has 54 valence electrons. The Morgan fingerprint density at radius 3 is 3.00 bits per heavy atom. The van der Waals surface area contributed by atoms with E-state index in [0.29, 0.717) is 5.13 Å². The number of nitro groups is 1. The van der Waals surface area contributed by atoms with Gasteiger partial charge in [0.2, 0.25) is 5.13 Å². The molecule has 1 N–H and O–H groups in total. The summed E-state index contributed by atoms with van der Waals surface area (Å²) in [5.41, 5.74) is 1.96. The molecule has 0 bridgehead atoms. The predicted molar refractivity (Wildman–Crippen MR) is 37.5 cm³/mol. The quantitative estimate of drug-likeness (QED) is 0.517. The molecule has 0 aliphatic rings. The van der Waals surface area contributed by atoms with Crippen molar-refractivity contribution in [1.29, 1.82) is 0 Å². The van der Waals surface area contributed by atoms with Crippen molar-refractivity contribution in [1.82, 2.24) is 4.98 Å². The minimum Gasteiger partial charge on any atom is -0.234 e. The highest BCUT2D eigenvalue weighted by atomic mass is 32.1. The second kappa shape index (κ2) is 2.61. The van der Waals surface area contributed by atoms with Crippen molar-refractivity contribution < 1.29 is 5.03 Å². The van der Waals surface area contributed by atoms with E-state index in [1.165, 1.54) is 11.3 Å². The van der Waals surface area contributed by atoms with Crippen LogP contribution in [0.5, 0.6) is 0 Å². The largest absolute Gasteiger partial charge is 0.246 e. The summed E-state index contributed by atoms with van der Waals surface area (Å²) in [6.07, 6.45) is 1.58. The van der Waals surface area contributed by atoms with Gasteiger partial charge in [-0.2, -0.15) is 0 Å². The summed E-state index contributed by atoms with van der Waals surface area (Å²) in [7, 11) is 0. The summed E-state index contributed by atoms with van der Waals surface area (Å²) in [6, 6.07) is 0. The lowest BCUT2D eigenvalue weighted by atomic mass is 10.7. The third kappa shape index (κ3) is 1.66. The van der Waals surface area contributed by atoms with Crippen LogP contribution in [0.1, 0.15) is 4.88 Å². The molecule has 1 aromatic heterocycles. The molecular weight excluding hydrogens is 154 g/mol. The van der Waals surface area contributed by atoms with E-state index in [0.717, 1.165) is 4.88 Å². The van der Waals surface area contributed by atoms with Crippen LogP contribution in [0.15, 0.2) is 6.20 Å². The molecule has 0 saturated heterocycles. The zero-order valence-corrected chi connectivity index (χ0v) is 6.01. The Balaban J connectivity index is 2.67. The first kappa shape index (κ1) is 6.94. The Morgan fingerprint density at radius 2 is 2.60 bits per heavy atom. The van der Waals surface area contributed by atoms with E-state index in [1.807, 2.05) is 12.3 Å². The smallest absolute Gasteiger partial charge is 0.234 e. The number of rotatable bonds is 2. The minimum absolute atomic E-state index is 0.322. The van der Waals surface area contributed by atoms with Crippen LogP contribution >= 0.6 is 11.3 Å². The zero-order chi connectivity index (χ0) is 7.56. The maximum absolute atomic E-state index is 9.84. The lowest BCUT2D eigenvalue weighted by molar-refractivity contribution is -0.445. The van der Waals surface area contributed by atoms with Gasteiger partial charge >= 0.3 is 0 Å². The molecule has 10 heavy (non-hydrogen) atoms. The van der Waals surface area contributed by atoms with E-state index in [2.05, 4.69) is 4.98 Å². The SMILES string of the molecule is Cc1cnc(N[N+](=O)[O-])s1. The second-order valence-corrected chi connectivity index (χ2v) is 2.88. The van der Waals surface area contributed by atoms with Crippen molar-refractivity contribution >= 4 is 16.5 Å². The molecule has 0 spiro atoms. The van der Waals surface area contributed by atoms with Gasteiger partial charge in [-0.05, 0) is 6.92 Å². The van der Waals surface area contributed by atoms with Crippen molar-refractivity contribution in [3.63, 3.8) is 0 Å². The van der Waals surface area contributed by atoms with Crippen LogP contribution in [0.2, 0.25) is 0 Å². The van der Waals surface area contributed by atoms with E-state index in [4.69, 9.17) is 0 Å². The molecule has 0 radical (unpaired) electrons. The monoisotopic (exact) mass is 159 g/mol. The van der Waals surface area contributed by atoms with Gasteiger partial charge in [-0.1, -0.05) is 16.8 Å². The standard InChI is InChI=1S/C4H5N3O2S/c1-3-2-5-4(10-3)6-7(8)9/h2H,1H3,(H,5,6). The highest BCUT2D eigenvalue weighted by molar-refractivity contribution is 7.15. The van der Waals surface area contributed by atoms with Crippen molar-refractivity contribution in [3.8, 4) is 0 Å². The third-order valence-corrected chi connectivity index (χ3v) is 1.63. The van der Waals surface area contributed by atoms with Crippen LogP contribution in [0.3, 0.4) is 0 Å². The Kier molecular flexibility index (Phi) is 1.81. The number of nitrogens with one attached hydrogen (secondary N) is 1. The van der Waals surface area contributed by atoms with Crippen molar-refractivity contribution in [2.75, 3.05) is 5.43 Å². The molecule has 0 atom stereocenters. The summed E-state index contributed by atoms with van der Waals surface area (Å²) >= 11 is 1.25. The number of anilines is 1. The fraction of sp³-hybridized carbons (Fsp3) is 0.250. The number of hydrogen-bond donors (Lipinski definition) is 1. The first-order valence-corrected chi connectivity index (χ1v) is 3.33. The first-order valence-electron chi connectivity index (χ1n) is 2.52. The fourth-order valence-electron chi connectivity index (χ4n) is 0.485. The first-order chi connectivity index (χ1) is 4.68.